The van der Waals surface area contributed by atoms with Gasteiger partial charge in [0.25, 0.3) is 0 Å². The number of ketones is 1. The van der Waals surface area contributed by atoms with E-state index in [2.05, 4.69) is 25.4 Å². The van der Waals surface area contributed by atoms with E-state index in [0.717, 1.165) is 16.9 Å². The molecule has 10 heteroatoms. The maximum absolute atomic E-state index is 14.5. The third kappa shape index (κ3) is 4.52. The molecule has 182 valence electrons. The molecule has 0 amide bonds. The number of pyridine rings is 2. The first-order chi connectivity index (χ1) is 17.4. The molecule has 0 aliphatic rings. The molecule has 1 atom stereocenters. The van der Waals surface area contributed by atoms with E-state index in [1.807, 2.05) is 30.8 Å². The number of nitrogens with one attached hydrogen (secondary N) is 1. The Labute approximate surface area is 206 Å². The van der Waals surface area contributed by atoms with Crippen LogP contribution in [0.1, 0.15) is 34.1 Å². The minimum Gasteiger partial charge on any atom is -0.494 e. The number of fused-ring (bicyclic) bond motifs is 1. The summed E-state index contributed by atoms with van der Waals surface area (Å²) in [5.41, 5.74) is 2.40. The summed E-state index contributed by atoms with van der Waals surface area (Å²) in [6.45, 7) is 0. The first-order valence-electron chi connectivity index (χ1n) is 11.3. The number of hydrogen-bond donors (Lipinski definition) is 1. The summed E-state index contributed by atoms with van der Waals surface area (Å²) in [4.78, 5) is 26.6. The van der Waals surface area contributed by atoms with Crippen LogP contribution in [-0.2, 0) is 14.1 Å². The average molecular weight is 486 g/mol. The van der Waals surface area contributed by atoms with Crippen LogP contribution in [0.2, 0.25) is 0 Å². The lowest BCUT2D eigenvalue weighted by atomic mass is 9.89. The van der Waals surface area contributed by atoms with Gasteiger partial charge in [0, 0.05) is 62.0 Å². The Morgan fingerprint density at radius 1 is 1.14 bits per heavy atom. The number of aromatic nitrogens is 6. The van der Waals surface area contributed by atoms with Crippen molar-refractivity contribution >= 4 is 28.3 Å². The molecule has 5 rings (SSSR count). The van der Waals surface area contributed by atoms with Gasteiger partial charge in [-0.25, -0.2) is 19.3 Å². The molecule has 0 aliphatic heterocycles. The zero-order valence-corrected chi connectivity index (χ0v) is 20.0. The highest BCUT2D eigenvalue weighted by molar-refractivity contribution is 5.97. The summed E-state index contributed by atoms with van der Waals surface area (Å²) in [6.07, 6.45) is 6.83. The van der Waals surface area contributed by atoms with Gasteiger partial charge in [-0.05, 0) is 29.8 Å². The number of carbonyl (C=O) groups excluding carboxylic acids is 1. The predicted octanol–water partition coefficient (Wildman–Crippen LogP) is 4.39. The van der Waals surface area contributed by atoms with E-state index in [9.17, 15) is 9.18 Å². The van der Waals surface area contributed by atoms with Gasteiger partial charge in [-0.2, -0.15) is 5.10 Å². The number of ether oxygens (including phenoxy) is 1. The molecule has 0 aliphatic carbocycles. The van der Waals surface area contributed by atoms with Crippen molar-refractivity contribution < 1.29 is 13.9 Å². The van der Waals surface area contributed by atoms with Crippen LogP contribution < -0.4 is 10.1 Å². The lowest BCUT2D eigenvalue weighted by Crippen LogP contribution is -2.13. The molecule has 1 N–H and O–H groups in total. The van der Waals surface area contributed by atoms with E-state index < -0.39 is 11.7 Å². The van der Waals surface area contributed by atoms with Crippen LogP contribution in [0.3, 0.4) is 0 Å². The van der Waals surface area contributed by atoms with Crippen LogP contribution in [0.5, 0.6) is 5.75 Å². The quantitative estimate of drug-likeness (QED) is 0.325. The third-order valence-electron chi connectivity index (χ3n) is 6.12. The number of anilines is 2. The summed E-state index contributed by atoms with van der Waals surface area (Å²) in [5.74, 6) is 0.442. The SMILES string of the molecule is COc1ccc([C@H](CC(=O)c2ccc3cnc(Nc4ccnn4C)cc3n2)c2cncn2C)cc1F. The fourth-order valence-corrected chi connectivity index (χ4v) is 4.15. The van der Waals surface area contributed by atoms with Crippen LogP contribution in [-0.4, -0.2) is 42.2 Å². The Morgan fingerprint density at radius 2 is 2.00 bits per heavy atom. The van der Waals surface area contributed by atoms with Crippen molar-refractivity contribution in [3.63, 3.8) is 0 Å². The van der Waals surface area contributed by atoms with Crippen LogP contribution in [0.4, 0.5) is 16.0 Å². The number of rotatable bonds is 8. The number of benzene rings is 1. The Morgan fingerprint density at radius 3 is 2.69 bits per heavy atom. The number of imidazole rings is 1. The van der Waals surface area contributed by atoms with Crippen molar-refractivity contribution in [2.45, 2.75) is 12.3 Å². The topological polar surface area (TPSA) is 99.8 Å². The van der Waals surface area contributed by atoms with E-state index in [1.165, 1.54) is 13.2 Å². The van der Waals surface area contributed by atoms with Gasteiger partial charge in [0.15, 0.2) is 17.3 Å². The van der Waals surface area contributed by atoms with Crippen molar-refractivity contribution in [2.75, 3.05) is 12.4 Å². The van der Waals surface area contributed by atoms with Gasteiger partial charge in [0.1, 0.15) is 17.3 Å². The van der Waals surface area contributed by atoms with Gasteiger partial charge in [-0.1, -0.05) is 6.07 Å². The minimum atomic E-state index is -0.487. The van der Waals surface area contributed by atoms with E-state index >= 15 is 0 Å². The van der Waals surface area contributed by atoms with Crippen molar-refractivity contribution in [3.8, 4) is 5.75 Å². The molecule has 0 saturated carbocycles. The average Bonchev–Trinajstić information content (AvgIpc) is 3.49. The summed E-state index contributed by atoms with van der Waals surface area (Å²) >= 11 is 0. The molecule has 0 bridgehead atoms. The van der Waals surface area contributed by atoms with Crippen LogP contribution >= 0.6 is 0 Å². The molecule has 4 aromatic heterocycles. The van der Waals surface area contributed by atoms with Crippen molar-refractivity contribution in [3.05, 3.63) is 90.2 Å². The van der Waals surface area contributed by atoms with E-state index in [-0.39, 0.29) is 18.0 Å². The number of halogens is 1. The Bertz CT molecular complexity index is 1560. The number of methoxy groups -OCH3 is 1. The zero-order chi connectivity index (χ0) is 25.2. The second-order valence-corrected chi connectivity index (χ2v) is 8.43. The summed E-state index contributed by atoms with van der Waals surface area (Å²) < 4.78 is 23.1. The Kier molecular flexibility index (Phi) is 6.16. The molecule has 0 fully saturated rings. The van der Waals surface area contributed by atoms with E-state index in [0.29, 0.717) is 22.6 Å². The van der Waals surface area contributed by atoms with Gasteiger partial charge in [-0.3, -0.25) is 9.48 Å². The van der Waals surface area contributed by atoms with Crippen LogP contribution in [0.25, 0.3) is 10.9 Å². The fraction of sp³-hybridized carbons (Fsp3) is 0.192. The fourth-order valence-electron chi connectivity index (χ4n) is 4.15. The highest BCUT2D eigenvalue weighted by Crippen LogP contribution is 2.32. The van der Waals surface area contributed by atoms with E-state index in [1.54, 1.807) is 53.9 Å². The largest absolute Gasteiger partial charge is 0.494 e. The first-order valence-corrected chi connectivity index (χ1v) is 11.3. The molecule has 0 unspecified atom stereocenters. The van der Waals surface area contributed by atoms with Gasteiger partial charge in [0.2, 0.25) is 0 Å². The Hall–Kier alpha value is -4.60. The molecule has 1 aromatic carbocycles. The highest BCUT2D eigenvalue weighted by Gasteiger charge is 2.24. The van der Waals surface area contributed by atoms with Gasteiger partial charge in [0.05, 0.1) is 25.2 Å². The highest BCUT2D eigenvalue weighted by atomic mass is 19.1. The molecule has 36 heavy (non-hydrogen) atoms. The minimum absolute atomic E-state index is 0.0923. The van der Waals surface area contributed by atoms with Gasteiger partial charge in [-0.15, -0.1) is 0 Å². The number of hydrogen-bond acceptors (Lipinski definition) is 7. The first kappa shape index (κ1) is 23.2. The van der Waals surface area contributed by atoms with Crippen LogP contribution in [0, 0.1) is 5.82 Å². The molecule has 0 spiro atoms. The monoisotopic (exact) mass is 485 g/mol. The summed E-state index contributed by atoms with van der Waals surface area (Å²) in [5, 5.41) is 8.14. The zero-order valence-electron chi connectivity index (χ0n) is 20.0. The molecule has 9 nitrogen and oxygen atoms in total. The molecular formula is C26H24FN7O2. The molecule has 0 saturated heterocycles. The van der Waals surface area contributed by atoms with Gasteiger partial charge < -0.3 is 14.6 Å². The number of Topliss-reactive ketones (excluding diaryl/α,β-unsaturated/α-hetero) is 1. The summed E-state index contributed by atoms with van der Waals surface area (Å²) in [6, 6.07) is 11.9. The predicted molar refractivity (Wildman–Crippen MR) is 133 cm³/mol. The third-order valence-corrected chi connectivity index (χ3v) is 6.12. The van der Waals surface area contributed by atoms with E-state index in [4.69, 9.17) is 4.74 Å². The maximum atomic E-state index is 14.5. The Balaban J connectivity index is 1.45. The van der Waals surface area contributed by atoms with Crippen molar-refractivity contribution in [1.82, 2.24) is 29.3 Å². The number of nitrogens with zero attached hydrogens (tertiary/aromatic N) is 6. The lowest BCUT2D eigenvalue weighted by molar-refractivity contribution is 0.0972. The normalized spacial score (nSPS) is 12.0. The van der Waals surface area contributed by atoms with Crippen molar-refractivity contribution in [2.24, 2.45) is 14.1 Å². The number of carbonyl (C=O) groups is 1. The maximum Gasteiger partial charge on any atom is 0.182 e. The van der Waals surface area contributed by atoms with Crippen LogP contribution in [0.15, 0.2) is 67.4 Å². The lowest BCUT2D eigenvalue weighted by Gasteiger charge is -2.18. The standard InChI is InChI=1S/C26H24FN7O2/c1-33-15-28-14-22(33)18(16-5-7-24(36-3)19(27)10-16)11-23(35)20-6-4-17-13-29-25(12-21(17)31-20)32-26-8-9-30-34(26)2/h4-10,12-15,18H,11H2,1-3H3,(H,29,32)/t18-/m0/s1. The smallest absolute Gasteiger partial charge is 0.182 e. The summed E-state index contributed by atoms with van der Waals surface area (Å²) in [7, 11) is 5.09. The number of aryl methyl sites for hydroxylation is 2. The van der Waals surface area contributed by atoms with Crippen molar-refractivity contribution in [1.29, 1.82) is 0 Å². The molecule has 0 radical (unpaired) electrons. The molecular weight excluding hydrogens is 461 g/mol. The van der Waals surface area contributed by atoms with Gasteiger partial charge >= 0.3 is 0 Å². The molecule has 4 heterocycles. The second kappa shape index (κ2) is 9.57. The molecule has 5 aromatic rings. The second-order valence-electron chi connectivity index (χ2n) is 8.43.